The second-order valence-electron chi connectivity index (χ2n) is 3.76. The van der Waals surface area contributed by atoms with Crippen molar-refractivity contribution in [3.05, 3.63) is 33.1 Å². The molecule has 0 unspecified atom stereocenters. The summed E-state index contributed by atoms with van der Waals surface area (Å²) in [5, 5.41) is 12.7. The van der Waals surface area contributed by atoms with Crippen LogP contribution < -0.4 is 5.32 Å². The molecule has 0 radical (unpaired) electrons. The van der Waals surface area contributed by atoms with Gasteiger partial charge >= 0.3 is 6.18 Å². The fourth-order valence-electron chi connectivity index (χ4n) is 1.34. The standard InChI is InChI=1S/C10H9ClF3N3O3/c11-8-4-6(7(5-16-8)17(19)20)9(18)15-3-1-2-10(12,13)14/h4-5H,1-3H2,(H,15,18). The third-order valence-electron chi connectivity index (χ3n) is 2.21. The van der Waals surface area contributed by atoms with Crippen molar-refractivity contribution in [3.63, 3.8) is 0 Å². The van der Waals surface area contributed by atoms with Gasteiger partial charge in [0.25, 0.3) is 11.6 Å². The maximum atomic E-state index is 11.9. The van der Waals surface area contributed by atoms with Gasteiger partial charge in [0, 0.05) is 13.0 Å². The van der Waals surface area contributed by atoms with Gasteiger partial charge in [0.2, 0.25) is 0 Å². The molecule has 0 aliphatic heterocycles. The first-order chi connectivity index (χ1) is 9.20. The minimum atomic E-state index is -4.31. The van der Waals surface area contributed by atoms with Gasteiger partial charge in [0.15, 0.2) is 0 Å². The highest BCUT2D eigenvalue weighted by molar-refractivity contribution is 6.29. The molecule has 0 saturated heterocycles. The molecule has 1 rings (SSSR count). The Morgan fingerprint density at radius 3 is 2.70 bits per heavy atom. The molecule has 0 spiro atoms. The van der Waals surface area contributed by atoms with Crippen LogP contribution >= 0.6 is 11.6 Å². The molecule has 1 heterocycles. The molecule has 0 fully saturated rings. The van der Waals surface area contributed by atoms with Crippen molar-refractivity contribution < 1.29 is 22.9 Å². The SMILES string of the molecule is O=C(NCCCC(F)(F)F)c1cc(Cl)ncc1[N+](=O)[O-]. The molecule has 1 aromatic heterocycles. The maximum Gasteiger partial charge on any atom is 0.389 e. The summed E-state index contributed by atoms with van der Waals surface area (Å²) >= 11 is 5.52. The number of hydrogen-bond donors (Lipinski definition) is 1. The van der Waals surface area contributed by atoms with Crippen molar-refractivity contribution >= 4 is 23.2 Å². The molecule has 20 heavy (non-hydrogen) atoms. The van der Waals surface area contributed by atoms with Gasteiger partial charge in [0.05, 0.1) is 4.92 Å². The first-order valence-electron chi connectivity index (χ1n) is 5.35. The molecule has 0 aliphatic rings. The van der Waals surface area contributed by atoms with Crippen LogP contribution in [0.4, 0.5) is 18.9 Å². The lowest BCUT2D eigenvalue weighted by molar-refractivity contribution is -0.385. The minimum absolute atomic E-state index is 0.129. The second-order valence-corrected chi connectivity index (χ2v) is 4.14. The monoisotopic (exact) mass is 311 g/mol. The van der Waals surface area contributed by atoms with E-state index in [4.69, 9.17) is 11.6 Å². The van der Waals surface area contributed by atoms with Gasteiger partial charge in [-0.25, -0.2) is 4.98 Å². The lowest BCUT2D eigenvalue weighted by Gasteiger charge is -2.07. The number of pyridine rings is 1. The van der Waals surface area contributed by atoms with E-state index >= 15 is 0 Å². The summed E-state index contributed by atoms with van der Waals surface area (Å²) in [5.41, 5.74) is -0.912. The van der Waals surface area contributed by atoms with Gasteiger partial charge < -0.3 is 5.32 Å². The highest BCUT2D eigenvalue weighted by atomic mass is 35.5. The van der Waals surface area contributed by atoms with E-state index in [0.29, 0.717) is 0 Å². The molecule has 0 atom stereocenters. The van der Waals surface area contributed by atoms with Crippen molar-refractivity contribution in [2.75, 3.05) is 6.54 Å². The number of amides is 1. The lowest BCUT2D eigenvalue weighted by Crippen LogP contribution is -2.26. The Morgan fingerprint density at radius 2 is 2.15 bits per heavy atom. The average molecular weight is 312 g/mol. The summed E-state index contributed by atoms with van der Waals surface area (Å²) in [5.74, 6) is -0.872. The highest BCUT2D eigenvalue weighted by Gasteiger charge is 2.26. The van der Waals surface area contributed by atoms with E-state index in [9.17, 15) is 28.1 Å². The molecule has 0 aliphatic carbocycles. The Morgan fingerprint density at radius 1 is 1.50 bits per heavy atom. The van der Waals surface area contributed by atoms with E-state index in [-0.39, 0.29) is 23.7 Å². The zero-order valence-electron chi connectivity index (χ0n) is 9.91. The molecular formula is C10H9ClF3N3O3. The van der Waals surface area contributed by atoms with Gasteiger partial charge in [-0.15, -0.1) is 0 Å². The number of hydrogen-bond acceptors (Lipinski definition) is 4. The smallest absolute Gasteiger partial charge is 0.352 e. The van der Waals surface area contributed by atoms with Crippen LogP contribution in [0.25, 0.3) is 0 Å². The van der Waals surface area contributed by atoms with Gasteiger partial charge in [-0.05, 0) is 12.5 Å². The van der Waals surface area contributed by atoms with Crippen molar-refractivity contribution in [2.45, 2.75) is 19.0 Å². The van der Waals surface area contributed by atoms with Crippen molar-refractivity contribution in [3.8, 4) is 0 Å². The van der Waals surface area contributed by atoms with Crippen molar-refractivity contribution in [1.29, 1.82) is 0 Å². The highest BCUT2D eigenvalue weighted by Crippen LogP contribution is 2.22. The van der Waals surface area contributed by atoms with Crippen molar-refractivity contribution in [2.24, 2.45) is 0 Å². The van der Waals surface area contributed by atoms with Gasteiger partial charge in [-0.3, -0.25) is 14.9 Å². The van der Waals surface area contributed by atoms with E-state index < -0.39 is 29.1 Å². The summed E-state index contributed by atoms with van der Waals surface area (Å²) < 4.78 is 35.7. The first kappa shape index (κ1) is 16.2. The van der Waals surface area contributed by atoms with Crippen LogP contribution in [0.3, 0.4) is 0 Å². The number of halogens is 4. The van der Waals surface area contributed by atoms with Crippen LogP contribution in [0.2, 0.25) is 5.15 Å². The van der Waals surface area contributed by atoms with Crippen LogP contribution in [0, 0.1) is 10.1 Å². The van der Waals surface area contributed by atoms with Crippen LogP contribution in [-0.4, -0.2) is 28.5 Å². The number of carbonyl (C=O) groups is 1. The largest absolute Gasteiger partial charge is 0.389 e. The number of rotatable bonds is 5. The number of carbonyl (C=O) groups excluding carboxylic acids is 1. The topological polar surface area (TPSA) is 85.1 Å². The summed E-state index contributed by atoms with van der Waals surface area (Å²) in [7, 11) is 0. The predicted octanol–water partition coefficient (Wildman–Crippen LogP) is 2.72. The predicted molar refractivity (Wildman–Crippen MR) is 63.5 cm³/mol. The van der Waals surface area contributed by atoms with E-state index in [1.807, 2.05) is 0 Å². The Labute approximate surface area is 116 Å². The minimum Gasteiger partial charge on any atom is -0.352 e. The quantitative estimate of drug-likeness (QED) is 0.392. The number of alkyl halides is 3. The molecule has 10 heteroatoms. The van der Waals surface area contributed by atoms with E-state index in [2.05, 4.69) is 10.3 Å². The third-order valence-corrected chi connectivity index (χ3v) is 2.42. The molecule has 1 amide bonds. The van der Waals surface area contributed by atoms with E-state index in [1.165, 1.54) is 0 Å². The van der Waals surface area contributed by atoms with Crippen LogP contribution in [0.15, 0.2) is 12.3 Å². The number of nitro groups is 1. The fourth-order valence-corrected chi connectivity index (χ4v) is 1.49. The zero-order chi connectivity index (χ0) is 15.3. The van der Waals surface area contributed by atoms with Crippen molar-refractivity contribution in [1.82, 2.24) is 10.3 Å². The van der Waals surface area contributed by atoms with Crippen LogP contribution in [0.5, 0.6) is 0 Å². The second kappa shape index (κ2) is 6.51. The molecular weight excluding hydrogens is 303 g/mol. The summed E-state index contributed by atoms with van der Waals surface area (Å²) in [4.78, 5) is 25.0. The summed E-state index contributed by atoms with van der Waals surface area (Å²) in [6.07, 6.45) is -4.86. The van der Waals surface area contributed by atoms with E-state index in [0.717, 1.165) is 12.3 Å². The normalized spacial score (nSPS) is 11.2. The Balaban J connectivity index is 2.68. The molecule has 1 N–H and O–H groups in total. The number of aromatic nitrogens is 1. The Bertz CT molecular complexity index is 522. The zero-order valence-corrected chi connectivity index (χ0v) is 10.7. The average Bonchev–Trinajstić information content (AvgIpc) is 2.32. The molecule has 1 aromatic rings. The molecule has 0 saturated carbocycles. The third kappa shape index (κ3) is 5.00. The Hall–Kier alpha value is -1.90. The van der Waals surface area contributed by atoms with Gasteiger partial charge in [0.1, 0.15) is 16.9 Å². The number of nitrogens with one attached hydrogen (secondary N) is 1. The summed E-state index contributed by atoms with van der Waals surface area (Å²) in [6.45, 7) is -0.255. The summed E-state index contributed by atoms with van der Waals surface area (Å²) in [6, 6.07) is 0.985. The van der Waals surface area contributed by atoms with Gasteiger partial charge in [-0.2, -0.15) is 13.2 Å². The van der Waals surface area contributed by atoms with E-state index in [1.54, 1.807) is 0 Å². The molecule has 110 valence electrons. The lowest BCUT2D eigenvalue weighted by atomic mass is 10.2. The molecule has 6 nitrogen and oxygen atoms in total. The molecule has 0 bridgehead atoms. The van der Waals surface area contributed by atoms with Crippen LogP contribution in [-0.2, 0) is 0 Å². The molecule has 0 aromatic carbocycles. The maximum absolute atomic E-state index is 11.9. The first-order valence-corrected chi connectivity index (χ1v) is 5.73. The van der Waals surface area contributed by atoms with Gasteiger partial charge in [-0.1, -0.05) is 11.6 Å². The fraction of sp³-hybridized carbons (Fsp3) is 0.400. The number of nitrogens with zero attached hydrogens (tertiary/aromatic N) is 2. The van der Waals surface area contributed by atoms with Crippen LogP contribution in [0.1, 0.15) is 23.2 Å². The Kier molecular flexibility index (Phi) is 5.26.